The van der Waals surface area contributed by atoms with Gasteiger partial charge in [0, 0.05) is 44.5 Å². The van der Waals surface area contributed by atoms with Gasteiger partial charge in [0.05, 0.1) is 15.9 Å². The minimum Gasteiger partial charge on any atom is -0.340 e. The lowest BCUT2D eigenvalue weighted by molar-refractivity contribution is -0.131. The summed E-state index contributed by atoms with van der Waals surface area (Å²) < 4.78 is 29.7. The van der Waals surface area contributed by atoms with E-state index in [2.05, 4.69) is 21.0 Å². The van der Waals surface area contributed by atoms with E-state index < -0.39 is 10.0 Å². The van der Waals surface area contributed by atoms with Gasteiger partial charge in [0.15, 0.2) is 0 Å². The molecule has 0 aliphatic carbocycles. The Morgan fingerprint density at radius 1 is 1.23 bits per heavy atom. The van der Waals surface area contributed by atoms with Crippen LogP contribution in [0.4, 0.5) is 0 Å². The summed E-state index contributed by atoms with van der Waals surface area (Å²) in [6, 6.07) is 3.34. The number of thiophene rings is 1. The van der Waals surface area contributed by atoms with Gasteiger partial charge in [0.25, 0.3) is 10.0 Å². The molecule has 1 aliphatic heterocycles. The highest BCUT2D eigenvalue weighted by atomic mass is 79.9. The van der Waals surface area contributed by atoms with Crippen molar-refractivity contribution in [3.05, 3.63) is 32.9 Å². The van der Waals surface area contributed by atoms with Gasteiger partial charge >= 0.3 is 0 Å². The van der Waals surface area contributed by atoms with Crippen molar-refractivity contribution < 1.29 is 13.2 Å². The number of amides is 1. The van der Waals surface area contributed by atoms with Gasteiger partial charge in [-0.3, -0.25) is 9.48 Å². The average molecular weight is 461 g/mol. The van der Waals surface area contributed by atoms with E-state index in [4.69, 9.17) is 0 Å². The Morgan fingerprint density at radius 3 is 2.38 bits per heavy atom. The summed E-state index contributed by atoms with van der Waals surface area (Å²) in [6.45, 7) is 5.29. The molecule has 3 rings (SSSR count). The van der Waals surface area contributed by atoms with Crippen LogP contribution in [0.5, 0.6) is 0 Å². The first-order chi connectivity index (χ1) is 12.2. The first-order valence-electron chi connectivity index (χ1n) is 8.22. The van der Waals surface area contributed by atoms with Crippen molar-refractivity contribution in [2.45, 2.75) is 24.5 Å². The third kappa shape index (κ3) is 3.73. The van der Waals surface area contributed by atoms with Crippen LogP contribution in [-0.2, 0) is 28.3 Å². The molecule has 0 radical (unpaired) electrons. The Kier molecular flexibility index (Phi) is 5.57. The van der Waals surface area contributed by atoms with Crippen LogP contribution in [0.25, 0.3) is 0 Å². The van der Waals surface area contributed by atoms with Crippen LogP contribution in [0.1, 0.15) is 17.0 Å². The van der Waals surface area contributed by atoms with E-state index in [-0.39, 0.29) is 5.91 Å². The SMILES string of the molecule is Cc1nn(C)c(C)c1CC(=O)N1CCN(S(=O)(=O)c2ccc(Br)s2)CC1. The number of carbonyl (C=O) groups excluding carboxylic acids is 1. The van der Waals surface area contributed by atoms with Crippen molar-refractivity contribution >= 4 is 43.2 Å². The fraction of sp³-hybridized carbons (Fsp3) is 0.500. The Labute approximate surface area is 165 Å². The largest absolute Gasteiger partial charge is 0.340 e. The maximum absolute atomic E-state index is 12.7. The van der Waals surface area contributed by atoms with Crippen LogP contribution in [0.3, 0.4) is 0 Å². The Balaban J connectivity index is 1.64. The molecule has 2 aromatic rings. The second-order valence-electron chi connectivity index (χ2n) is 6.29. The number of nitrogens with zero attached hydrogens (tertiary/aromatic N) is 4. The maximum atomic E-state index is 12.7. The number of piperazine rings is 1. The predicted molar refractivity (Wildman–Crippen MR) is 104 cm³/mol. The zero-order valence-electron chi connectivity index (χ0n) is 14.9. The van der Waals surface area contributed by atoms with Crippen molar-refractivity contribution in [1.29, 1.82) is 0 Å². The number of sulfonamides is 1. The molecule has 142 valence electrons. The lowest BCUT2D eigenvalue weighted by atomic mass is 10.1. The molecule has 1 fully saturated rings. The number of carbonyl (C=O) groups is 1. The summed E-state index contributed by atoms with van der Waals surface area (Å²) in [5, 5.41) is 4.34. The molecule has 7 nitrogen and oxygen atoms in total. The van der Waals surface area contributed by atoms with Crippen molar-refractivity contribution in [2.24, 2.45) is 7.05 Å². The summed E-state index contributed by atoms with van der Waals surface area (Å²) >= 11 is 4.50. The van der Waals surface area contributed by atoms with Gasteiger partial charge in [0.1, 0.15) is 4.21 Å². The topological polar surface area (TPSA) is 75.5 Å². The van der Waals surface area contributed by atoms with Gasteiger partial charge in [-0.2, -0.15) is 9.40 Å². The zero-order chi connectivity index (χ0) is 19.1. The number of aromatic nitrogens is 2. The standard InChI is InChI=1S/C16H21BrN4O3S2/c1-11-13(12(2)19(3)18-11)10-15(22)20-6-8-21(9-7-20)26(23,24)16-5-4-14(17)25-16/h4-5H,6-10H2,1-3H3. The lowest BCUT2D eigenvalue weighted by Gasteiger charge is -2.33. The van der Waals surface area contributed by atoms with Gasteiger partial charge in [-0.05, 0) is 41.9 Å². The van der Waals surface area contributed by atoms with E-state index in [1.165, 1.54) is 15.6 Å². The average Bonchev–Trinajstić information content (AvgIpc) is 3.14. The Hall–Kier alpha value is -1.23. The number of hydrogen-bond acceptors (Lipinski definition) is 5. The summed E-state index contributed by atoms with van der Waals surface area (Å²) in [4.78, 5) is 14.4. The molecule has 0 N–H and O–H groups in total. The molecule has 1 saturated heterocycles. The molecule has 2 aromatic heterocycles. The van der Waals surface area contributed by atoms with E-state index in [1.807, 2.05) is 20.9 Å². The van der Waals surface area contributed by atoms with Crippen molar-refractivity contribution in [3.63, 3.8) is 0 Å². The van der Waals surface area contributed by atoms with Gasteiger partial charge in [0.2, 0.25) is 5.91 Å². The summed E-state index contributed by atoms with van der Waals surface area (Å²) in [5.41, 5.74) is 2.80. The highest BCUT2D eigenvalue weighted by Gasteiger charge is 2.31. The molecule has 0 bridgehead atoms. The van der Waals surface area contributed by atoms with E-state index in [1.54, 1.807) is 21.7 Å². The fourth-order valence-corrected chi connectivity index (χ4v) is 6.66. The quantitative estimate of drug-likeness (QED) is 0.698. The van der Waals surface area contributed by atoms with Crippen LogP contribution in [0.2, 0.25) is 0 Å². The summed E-state index contributed by atoms with van der Waals surface area (Å²) in [6.07, 6.45) is 0.302. The fourth-order valence-electron chi connectivity index (χ4n) is 3.08. The maximum Gasteiger partial charge on any atom is 0.252 e. The van der Waals surface area contributed by atoms with Crippen molar-refractivity contribution in [1.82, 2.24) is 19.0 Å². The van der Waals surface area contributed by atoms with E-state index in [0.717, 1.165) is 20.7 Å². The third-order valence-corrected chi connectivity index (χ3v) is 8.71. The van der Waals surface area contributed by atoms with Crippen LogP contribution >= 0.6 is 27.3 Å². The Bertz CT molecular complexity index is 927. The highest BCUT2D eigenvalue weighted by Crippen LogP contribution is 2.29. The van der Waals surface area contributed by atoms with Crippen molar-refractivity contribution in [3.8, 4) is 0 Å². The molecule has 0 spiro atoms. The summed E-state index contributed by atoms with van der Waals surface area (Å²) in [5.74, 6) is 0.0140. The monoisotopic (exact) mass is 460 g/mol. The number of aryl methyl sites for hydroxylation is 2. The molecule has 0 atom stereocenters. The van der Waals surface area contributed by atoms with Crippen LogP contribution in [-0.4, -0.2) is 59.5 Å². The normalized spacial score (nSPS) is 16.2. The van der Waals surface area contributed by atoms with Crippen LogP contribution < -0.4 is 0 Å². The summed E-state index contributed by atoms with van der Waals surface area (Å²) in [7, 11) is -1.62. The van der Waals surface area contributed by atoms with E-state index in [0.29, 0.717) is 36.8 Å². The van der Waals surface area contributed by atoms with Crippen LogP contribution in [0.15, 0.2) is 20.1 Å². The molecule has 10 heteroatoms. The van der Waals surface area contributed by atoms with Crippen molar-refractivity contribution in [2.75, 3.05) is 26.2 Å². The molecule has 0 saturated carbocycles. The first-order valence-corrected chi connectivity index (χ1v) is 11.3. The minimum atomic E-state index is -3.49. The molecule has 0 aromatic carbocycles. The van der Waals surface area contributed by atoms with Crippen LogP contribution in [0, 0.1) is 13.8 Å². The van der Waals surface area contributed by atoms with Gasteiger partial charge < -0.3 is 4.90 Å². The second kappa shape index (κ2) is 7.41. The van der Waals surface area contributed by atoms with Gasteiger partial charge in [-0.1, -0.05) is 0 Å². The highest BCUT2D eigenvalue weighted by molar-refractivity contribution is 9.11. The molecule has 0 unspecified atom stereocenters. The third-order valence-electron chi connectivity index (χ3n) is 4.72. The zero-order valence-corrected chi connectivity index (χ0v) is 18.1. The van der Waals surface area contributed by atoms with Gasteiger partial charge in [-0.15, -0.1) is 11.3 Å². The first kappa shape index (κ1) is 19.5. The second-order valence-corrected chi connectivity index (χ2v) is 10.9. The van der Waals surface area contributed by atoms with Gasteiger partial charge in [-0.25, -0.2) is 8.42 Å². The smallest absolute Gasteiger partial charge is 0.252 e. The van der Waals surface area contributed by atoms with E-state index in [9.17, 15) is 13.2 Å². The molecular formula is C16H21BrN4O3S2. The molecule has 1 amide bonds. The number of halogens is 1. The predicted octanol–water partition coefficient (Wildman–Crippen LogP) is 1.94. The molecule has 3 heterocycles. The molecule has 1 aliphatic rings. The Morgan fingerprint density at radius 2 is 1.88 bits per heavy atom. The number of rotatable bonds is 4. The molecular weight excluding hydrogens is 440 g/mol. The minimum absolute atomic E-state index is 0.0140. The van der Waals surface area contributed by atoms with E-state index >= 15 is 0 Å². The molecule has 26 heavy (non-hydrogen) atoms. The number of hydrogen-bond donors (Lipinski definition) is 0. The lowest BCUT2D eigenvalue weighted by Crippen LogP contribution is -2.50.